The largest absolute Gasteiger partial charge is 0.379 e. The lowest BCUT2D eigenvalue weighted by Gasteiger charge is -2.34. The summed E-state index contributed by atoms with van der Waals surface area (Å²) in [5, 5.41) is 3.12. The summed E-state index contributed by atoms with van der Waals surface area (Å²) in [5.41, 5.74) is -0.508. The summed E-state index contributed by atoms with van der Waals surface area (Å²) in [4.78, 5) is 31.2. The third kappa shape index (κ3) is 4.35. The van der Waals surface area contributed by atoms with Crippen molar-refractivity contribution in [1.82, 2.24) is 19.2 Å². The fourth-order valence-corrected chi connectivity index (χ4v) is 7.72. The fourth-order valence-electron chi connectivity index (χ4n) is 4.65. The van der Waals surface area contributed by atoms with Gasteiger partial charge in [0, 0.05) is 24.0 Å². The minimum Gasteiger partial charge on any atom is -0.379 e. The highest BCUT2D eigenvalue weighted by molar-refractivity contribution is 7.89. The van der Waals surface area contributed by atoms with Crippen LogP contribution in [0.5, 0.6) is 0 Å². The molecule has 0 radical (unpaired) electrons. The van der Waals surface area contributed by atoms with Crippen LogP contribution in [0, 0.1) is 18.8 Å². The van der Waals surface area contributed by atoms with Gasteiger partial charge in [-0.1, -0.05) is 26.7 Å². The smallest absolute Gasteiger partial charge is 0.263 e. The van der Waals surface area contributed by atoms with E-state index in [0.717, 1.165) is 19.3 Å². The summed E-state index contributed by atoms with van der Waals surface area (Å²) in [6, 6.07) is 0.0827. The molecule has 1 N–H and O–H groups in total. The molecule has 3 atom stereocenters. The van der Waals surface area contributed by atoms with Crippen LogP contribution in [-0.4, -0.2) is 60.5 Å². The first-order valence-electron chi connectivity index (χ1n) is 11.1. The molecule has 1 saturated carbocycles. The Morgan fingerprint density at radius 2 is 2.00 bits per heavy atom. The predicted molar refractivity (Wildman–Crippen MR) is 122 cm³/mol. The Balaban J connectivity index is 1.63. The minimum absolute atomic E-state index is 0.00128. The number of ether oxygens (including phenoxy) is 1. The molecule has 2 fully saturated rings. The van der Waals surface area contributed by atoms with Crippen LogP contribution in [0.15, 0.2) is 16.0 Å². The molecule has 1 aliphatic heterocycles. The van der Waals surface area contributed by atoms with Gasteiger partial charge in [0.2, 0.25) is 15.9 Å². The van der Waals surface area contributed by atoms with Crippen LogP contribution in [0.25, 0.3) is 10.2 Å². The first-order chi connectivity index (χ1) is 15.2. The predicted octanol–water partition coefficient (Wildman–Crippen LogP) is 1.73. The van der Waals surface area contributed by atoms with Crippen molar-refractivity contribution >= 4 is 37.5 Å². The second-order valence-electron chi connectivity index (χ2n) is 8.80. The van der Waals surface area contributed by atoms with Crippen molar-refractivity contribution < 1.29 is 17.9 Å². The maximum Gasteiger partial charge on any atom is 0.263 e. The van der Waals surface area contributed by atoms with Gasteiger partial charge in [0.15, 0.2) is 0 Å². The quantitative estimate of drug-likeness (QED) is 0.695. The van der Waals surface area contributed by atoms with E-state index in [2.05, 4.69) is 24.1 Å². The SMILES string of the molecule is Cc1sc2ncn(CC(=O)N[C@@H]3CCC[C@H](C)[C@@H]3C)c(=O)c2c1S(=O)(=O)N1CCOCC1. The minimum atomic E-state index is -3.87. The van der Waals surface area contributed by atoms with E-state index in [4.69, 9.17) is 4.74 Å². The van der Waals surface area contributed by atoms with Crippen molar-refractivity contribution in [1.29, 1.82) is 0 Å². The number of nitrogens with zero attached hydrogens (tertiary/aromatic N) is 3. The highest BCUT2D eigenvalue weighted by atomic mass is 32.2. The lowest BCUT2D eigenvalue weighted by atomic mass is 9.78. The van der Waals surface area contributed by atoms with Crippen molar-refractivity contribution in [3.05, 3.63) is 21.6 Å². The number of amides is 1. The third-order valence-electron chi connectivity index (χ3n) is 6.73. The Kier molecular flexibility index (Phi) is 6.71. The van der Waals surface area contributed by atoms with Crippen LogP contribution in [0.4, 0.5) is 0 Å². The lowest BCUT2D eigenvalue weighted by Crippen LogP contribution is -2.45. The molecule has 1 saturated heterocycles. The lowest BCUT2D eigenvalue weighted by molar-refractivity contribution is -0.123. The number of aryl methyl sites for hydroxylation is 1. The number of morpholine rings is 1. The molecule has 9 nitrogen and oxygen atoms in total. The molecule has 0 unspecified atom stereocenters. The van der Waals surface area contributed by atoms with Gasteiger partial charge in [-0.15, -0.1) is 11.3 Å². The normalized spacial score (nSPS) is 25.2. The molecule has 1 amide bonds. The number of nitrogens with one attached hydrogen (secondary N) is 1. The molecule has 2 aliphatic rings. The van der Waals surface area contributed by atoms with Gasteiger partial charge >= 0.3 is 0 Å². The van der Waals surface area contributed by atoms with Crippen LogP contribution in [-0.2, 0) is 26.1 Å². The van der Waals surface area contributed by atoms with Gasteiger partial charge in [-0.25, -0.2) is 13.4 Å². The zero-order chi connectivity index (χ0) is 23.0. The van der Waals surface area contributed by atoms with E-state index >= 15 is 0 Å². The van der Waals surface area contributed by atoms with Crippen LogP contribution < -0.4 is 10.9 Å². The van der Waals surface area contributed by atoms with E-state index in [9.17, 15) is 18.0 Å². The number of hydrogen-bond acceptors (Lipinski definition) is 7. The Morgan fingerprint density at radius 1 is 1.28 bits per heavy atom. The van der Waals surface area contributed by atoms with Crippen molar-refractivity contribution in [2.24, 2.45) is 11.8 Å². The van der Waals surface area contributed by atoms with E-state index in [-0.39, 0.29) is 41.9 Å². The number of hydrogen-bond donors (Lipinski definition) is 1. The standard InChI is InChI=1S/C21H30N4O5S2/c1-13-5-4-6-16(14(13)2)23-17(26)11-24-12-22-20-18(21(24)27)19(15(3)31-20)32(28,29)25-7-9-30-10-8-25/h12-14,16H,4-11H2,1-3H3,(H,23,26)/t13-,14-,16+/m0/s1. The number of carbonyl (C=O) groups excluding carboxylic acids is 1. The van der Waals surface area contributed by atoms with Crippen molar-refractivity contribution in [3.8, 4) is 0 Å². The van der Waals surface area contributed by atoms with Gasteiger partial charge in [-0.3, -0.25) is 14.2 Å². The monoisotopic (exact) mass is 482 g/mol. The molecule has 1 aliphatic carbocycles. The molecular formula is C21H30N4O5S2. The molecule has 2 aromatic heterocycles. The van der Waals surface area contributed by atoms with Crippen LogP contribution in [0.3, 0.4) is 0 Å². The van der Waals surface area contributed by atoms with Gasteiger partial charge in [0.1, 0.15) is 16.3 Å². The molecular weight excluding hydrogens is 452 g/mol. The average Bonchev–Trinajstić information content (AvgIpc) is 3.11. The molecule has 0 aromatic carbocycles. The van der Waals surface area contributed by atoms with Gasteiger partial charge < -0.3 is 10.1 Å². The first kappa shape index (κ1) is 23.3. The van der Waals surface area contributed by atoms with E-state index in [1.807, 2.05) is 0 Å². The summed E-state index contributed by atoms with van der Waals surface area (Å²) < 4.78 is 34.5. The number of rotatable bonds is 5. The maximum atomic E-state index is 13.3. The molecule has 176 valence electrons. The van der Waals surface area contributed by atoms with Gasteiger partial charge in [-0.2, -0.15) is 4.31 Å². The van der Waals surface area contributed by atoms with Crippen molar-refractivity contribution in [3.63, 3.8) is 0 Å². The highest BCUT2D eigenvalue weighted by Gasteiger charge is 2.33. The second kappa shape index (κ2) is 9.20. The van der Waals surface area contributed by atoms with Gasteiger partial charge in [-0.05, 0) is 25.2 Å². The summed E-state index contributed by atoms with van der Waals surface area (Å²) in [7, 11) is -3.87. The molecule has 0 spiro atoms. The summed E-state index contributed by atoms with van der Waals surface area (Å²) >= 11 is 1.18. The Hall–Kier alpha value is -1.82. The number of thiophene rings is 1. The zero-order valence-electron chi connectivity index (χ0n) is 18.7. The maximum absolute atomic E-state index is 13.3. The van der Waals surface area contributed by atoms with Gasteiger partial charge in [0.05, 0.1) is 24.9 Å². The molecule has 4 rings (SSSR count). The molecule has 0 bridgehead atoms. The Morgan fingerprint density at radius 3 is 2.72 bits per heavy atom. The summed E-state index contributed by atoms with van der Waals surface area (Å²) in [6.45, 7) is 6.96. The van der Waals surface area contributed by atoms with Crippen LogP contribution in [0.1, 0.15) is 38.0 Å². The van der Waals surface area contributed by atoms with Crippen LogP contribution >= 0.6 is 11.3 Å². The van der Waals surface area contributed by atoms with E-state index in [1.165, 1.54) is 26.5 Å². The molecule has 11 heteroatoms. The first-order valence-corrected chi connectivity index (χ1v) is 13.3. The van der Waals surface area contributed by atoms with Crippen molar-refractivity contribution in [2.75, 3.05) is 26.3 Å². The van der Waals surface area contributed by atoms with E-state index in [1.54, 1.807) is 6.92 Å². The topological polar surface area (TPSA) is 111 Å². The van der Waals surface area contributed by atoms with Gasteiger partial charge in [0.25, 0.3) is 5.56 Å². The fraction of sp³-hybridized carbons (Fsp3) is 0.667. The molecule has 32 heavy (non-hydrogen) atoms. The second-order valence-corrected chi connectivity index (χ2v) is 11.9. The third-order valence-corrected chi connectivity index (χ3v) is 9.95. The number of fused-ring (bicyclic) bond motifs is 1. The van der Waals surface area contributed by atoms with E-state index < -0.39 is 15.6 Å². The summed E-state index contributed by atoms with van der Waals surface area (Å²) in [6.07, 6.45) is 4.49. The number of aromatic nitrogens is 2. The highest BCUT2D eigenvalue weighted by Crippen LogP contribution is 2.33. The van der Waals surface area contributed by atoms with Crippen molar-refractivity contribution in [2.45, 2.75) is 57.5 Å². The molecule has 2 aromatic rings. The zero-order valence-corrected chi connectivity index (χ0v) is 20.3. The van der Waals surface area contributed by atoms with E-state index in [0.29, 0.717) is 34.8 Å². The Bertz CT molecular complexity index is 1170. The average molecular weight is 483 g/mol. The summed E-state index contributed by atoms with van der Waals surface area (Å²) in [5.74, 6) is 0.648. The number of sulfonamides is 1. The number of carbonyl (C=O) groups is 1. The van der Waals surface area contributed by atoms with Crippen LogP contribution in [0.2, 0.25) is 0 Å². The molecule has 3 heterocycles. The Labute approximate surface area is 191 Å².